The molecule has 3 rings (SSSR count). The van der Waals surface area contributed by atoms with E-state index in [1.165, 1.54) is 29.7 Å². The maximum atomic E-state index is 12.7. The highest BCUT2D eigenvalue weighted by molar-refractivity contribution is 7.89. The summed E-state index contributed by atoms with van der Waals surface area (Å²) in [6.45, 7) is 0.638. The molecular formula is C14H18N4O5S. The predicted molar refractivity (Wildman–Crippen MR) is 84.1 cm³/mol. The largest absolute Gasteiger partial charge is 0.468 e. The van der Waals surface area contributed by atoms with Gasteiger partial charge in [0.1, 0.15) is 6.54 Å². The molecule has 0 spiro atoms. The Labute approximate surface area is 138 Å². The zero-order chi connectivity index (χ0) is 17.3. The Morgan fingerprint density at radius 1 is 1.25 bits per heavy atom. The van der Waals surface area contributed by atoms with Gasteiger partial charge in [0.05, 0.1) is 12.0 Å². The third kappa shape index (κ3) is 2.94. The van der Waals surface area contributed by atoms with Crippen LogP contribution in [0.15, 0.2) is 28.0 Å². The van der Waals surface area contributed by atoms with Gasteiger partial charge in [0.25, 0.3) is 0 Å². The highest BCUT2D eigenvalue weighted by atomic mass is 32.2. The summed E-state index contributed by atoms with van der Waals surface area (Å²) in [6.07, 6.45) is 3.93. The zero-order valence-electron chi connectivity index (χ0n) is 13.2. The standard InChI is InChI=1S/C14H18N4O5S/c1-23-13(19)10-18-14(20)17-9-11(5-6-12(17)15-18)24(21,22)16-7-3-2-4-8-16/h5-6,9H,2-4,7-8,10H2,1H3. The van der Waals surface area contributed by atoms with Crippen molar-refractivity contribution < 1.29 is 17.9 Å². The van der Waals surface area contributed by atoms with Crippen LogP contribution in [-0.2, 0) is 26.1 Å². The van der Waals surface area contributed by atoms with Crippen LogP contribution >= 0.6 is 0 Å². The van der Waals surface area contributed by atoms with E-state index < -0.39 is 21.7 Å². The number of piperidine rings is 1. The van der Waals surface area contributed by atoms with E-state index in [0.29, 0.717) is 13.1 Å². The molecule has 0 amide bonds. The van der Waals surface area contributed by atoms with Crippen LogP contribution in [0.25, 0.3) is 5.65 Å². The number of hydrogen-bond acceptors (Lipinski definition) is 6. The first-order chi connectivity index (χ1) is 11.4. The Bertz CT molecular complexity index is 924. The Balaban J connectivity index is 2.00. The summed E-state index contributed by atoms with van der Waals surface area (Å²) in [5.41, 5.74) is -0.326. The van der Waals surface area contributed by atoms with Gasteiger partial charge in [-0.1, -0.05) is 6.42 Å². The number of carbonyl (C=O) groups excluding carboxylic acids is 1. The number of esters is 1. The Hall–Kier alpha value is -2.20. The lowest BCUT2D eigenvalue weighted by Crippen LogP contribution is -2.35. The number of aromatic nitrogens is 3. The van der Waals surface area contributed by atoms with Gasteiger partial charge in [-0.15, -0.1) is 5.10 Å². The molecule has 24 heavy (non-hydrogen) atoms. The third-order valence-corrected chi connectivity index (χ3v) is 5.89. The smallest absolute Gasteiger partial charge is 0.350 e. The highest BCUT2D eigenvalue weighted by Gasteiger charge is 2.26. The zero-order valence-corrected chi connectivity index (χ0v) is 14.0. The molecule has 1 saturated heterocycles. The van der Waals surface area contributed by atoms with Gasteiger partial charge < -0.3 is 4.74 Å². The van der Waals surface area contributed by atoms with Gasteiger partial charge in [-0.3, -0.25) is 4.79 Å². The van der Waals surface area contributed by atoms with Crippen LogP contribution in [-0.4, -0.2) is 53.1 Å². The summed E-state index contributed by atoms with van der Waals surface area (Å²) in [5.74, 6) is -0.610. The molecule has 0 radical (unpaired) electrons. The van der Waals surface area contributed by atoms with Gasteiger partial charge in [-0.25, -0.2) is 22.3 Å². The Morgan fingerprint density at radius 2 is 1.96 bits per heavy atom. The number of nitrogens with zero attached hydrogens (tertiary/aromatic N) is 4. The Kier molecular flexibility index (Phi) is 4.41. The number of fused-ring (bicyclic) bond motifs is 1. The fraction of sp³-hybridized carbons (Fsp3) is 0.500. The number of hydrogen-bond donors (Lipinski definition) is 0. The van der Waals surface area contributed by atoms with Gasteiger partial charge in [-0.2, -0.15) is 4.31 Å². The van der Waals surface area contributed by atoms with E-state index in [4.69, 9.17) is 0 Å². The first-order valence-corrected chi connectivity index (χ1v) is 9.03. The van der Waals surface area contributed by atoms with E-state index in [1.807, 2.05) is 0 Å². The molecule has 0 unspecified atom stereocenters. The molecule has 3 heterocycles. The summed E-state index contributed by atoms with van der Waals surface area (Å²) in [7, 11) is -2.43. The SMILES string of the molecule is COC(=O)Cn1nc2ccc(S(=O)(=O)N3CCCCC3)cn2c1=O. The number of methoxy groups -OCH3 is 1. The molecule has 2 aromatic heterocycles. The quantitative estimate of drug-likeness (QED) is 0.707. The van der Waals surface area contributed by atoms with Crippen LogP contribution < -0.4 is 5.69 Å². The first kappa shape index (κ1) is 16.7. The highest BCUT2D eigenvalue weighted by Crippen LogP contribution is 2.20. The fourth-order valence-electron chi connectivity index (χ4n) is 2.70. The van der Waals surface area contributed by atoms with Crippen molar-refractivity contribution in [3.05, 3.63) is 28.8 Å². The maximum absolute atomic E-state index is 12.7. The van der Waals surface area contributed by atoms with Crippen LogP contribution in [0.3, 0.4) is 0 Å². The van der Waals surface area contributed by atoms with Crippen molar-refractivity contribution in [2.24, 2.45) is 0 Å². The topological polar surface area (TPSA) is 103 Å². The third-order valence-electron chi connectivity index (χ3n) is 4.01. The molecule has 0 saturated carbocycles. The van der Waals surface area contributed by atoms with Crippen molar-refractivity contribution in [2.75, 3.05) is 20.2 Å². The average Bonchev–Trinajstić information content (AvgIpc) is 2.91. The predicted octanol–water partition coefficient (Wildman–Crippen LogP) is -0.156. The van der Waals surface area contributed by atoms with Gasteiger partial charge in [0.2, 0.25) is 10.0 Å². The summed E-state index contributed by atoms with van der Waals surface area (Å²) in [6, 6.07) is 2.88. The van der Waals surface area contributed by atoms with E-state index in [1.54, 1.807) is 0 Å². The lowest BCUT2D eigenvalue weighted by atomic mass is 10.2. The van der Waals surface area contributed by atoms with Crippen LogP contribution in [0, 0.1) is 0 Å². The minimum atomic E-state index is -3.64. The van der Waals surface area contributed by atoms with Crippen molar-refractivity contribution in [1.82, 2.24) is 18.5 Å². The number of sulfonamides is 1. The molecule has 0 bridgehead atoms. The maximum Gasteiger partial charge on any atom is 0.350 e. The van der Waals surface area contributed by atoms with Gasteiger partial charge in [-0.05, 0) is 25.0 Å². The normalized spacial score (nSPS) is 16.4. The molecule has 1 aliphatic rings. The molecule has 0 N–H and O–H groups in total. The van der Waals surface area contributed by atoms with Crippen molar-refractivity contribution in [1.29, 1.82) is 0 Å². The van der Waals surface area contributed by atoms with Crippen LogP contribution in [0.1, 0.15) is 19.3 Å². The first-order valence-electron chi connectivity index (χ1n) is 7.59. The average molecular weight is 354 g/mol. The second-order valence-corrected chi connectivity index (χ2v) is 7.51. The van der Waals surface area contributed by atoms with Crippen molar-refractivity contribution in [2.45, 2.75) is 30.7 Å². The van der Waals surface area contributed by atoms with E-state index in [2.05, 4.69) is 9.84 Å². The van der Waals surface area contributed by atoms with Gasteiger partial charge in [0.15, 0.2) is 5.65 Å². The molecule has 9 nitrogen and oxygen atoms in total. The molecule has 2 aromatic rings. The molecule has 1 aliphatic heterocycles. The lowest BCUT2D eigenvalue weighted by molar-refractivity contribution is -0.141. The van der Waals surface area contributed by atoms with Crippen molar-refractivity contribution >= 4 is 21.6 Å². The van der Waals surface area contributed by atoms with Crippen LogP contribution in [0.5, 0.6) is 0 Å². The number of carbonyl (C=O) groups is 1. The number of rotatable bonds is 4. The summed E-state index contributed by atoms with van der Waals surface area (Å²) < 4.78 is 33.4. The van der Waals surface area contributed by atoms with Gasteiger partial charge >= 0.3 is 11.7 Å². The second kappa shape index (κ2) is 6.36. The summed E-state index contributed by atoms with van der Waals surface area (Å²) in [4.78, 5) is 23.6. The van der Waals surface area contributed by atoms with Crippen LogP contribution in [0.4, 0.5) is 0 Å². The molecule has 0 aliphatic carbocycles. The molecule has 0 aromatic carbocycles. The van der Waals surface area contributed by atoms with Crippen molar-refractivity contribution in [3.8, 4) is 0 Å². The molecule has 1 fully saturated rings. The second-order valence-electron chi connectivity index (χ2n) is 5.57. The summed E-state index contributed by atoms with van der Waals surface area (Å²) >= 11 is 0. The molecule has 0 atom stereocenters. The Morgan fingerprint density at radius 3 is 2.62 bits per heavy atom. The van der Waals surface area contributed by atoms with Crippen LogP contribution in [0.2, 0.25) is 0 Å². The monoisotopic (exact) mass is 354 g/mol. The lowest BCUT2D eigenvalue weighted by Gasteiger charge is -2.25. The van der Waals surface area contributed by atoms with E-state index in [-0.39, 0.29) is 17.1 Å². The van der Waals surface area contributed by atoms with E-state index in [0.717, 1.165) is 28.3 Å². The molecular weight excluding hydrogens is 336 g/mol. The number of pyridine rings is 1. The summed E-state index contributed by atoms with van der Waals surface area (Å²) in [5, 5.41) is 3.99. The fourth-order valence-corrected chi connectivity index (χ4v) is 4.21. The minimum absolute atomic E-state index is 0.0385. The van der Waals surface area contributed by atoms with Gasteiger partial charge in [0, 0.05) is 19.3 Å². The van der Waals surface area contributed by atoms with Crippen molar-refractivity contribution in [3.63, 3.8) is 0 Å². The molecule has 130 valence electrons. The minimum Gasteiger partial charge on any atom is -0.468 e. The van der Waals surface area contributed by atoms with E-state index in [9.17, 15) is 18.0 Å². The van der Waals surface area contributed by atoms with E-state index >= 15 is 0 Å². The number of ether oxygens (including phenoxy) is 1. The molecule has 10 heteroatoms.